The quantitative estimate of drug-likeness (QED) is 0.832. The van der Waals surface area contributed by atoms with Crippen LogP contribution < -0.4 is 11.1 Å². The van der Waals surface area contributed by atoms with Crippen LogP contribution in [0.1, 0.15) is 5.56 Å². The van der Waals surface area contributed by atoms with Gasteiger partial charge in [-0.1, -0.05) is 6.07 Å². The van der Waals surface area contributed by atoms with Crippen molar-refractivity contribution in [1.82, 2.24) is 10.2 Å². The Kier molecular flexibility index (Phi) is 3.64. The lowest BCUT2D eigenvalue weighted by Crippen LogP contribution is -2.62. The van der Waals surface area contributed by atoms with Gasteiger partial charge >= 0.3 is 6.03 Å². The van der Waals surface area contributed by atoms with Crippen molar-refractivity contribution in [2.75, 3.05) is 13.1 Å². The number of benzene rings is 1. The number of rotatable bonds is 3. The van der Waals surface area contributed by atoms with Gasteiger partial charge in [0.05, 0.1) is 12.5 Å². The summed E-state index contributed by atoms with van der Waals surface area (Å²) in [5, 5.41) is 2.64. The van der Waals surface area contributed by atoms with Gasteiger partial charge < -0.3 is 16.0 Å². The molecule has 7 heteroatoms. The SMILES string of the molecule is NC(=O)N1CC(NC(=O)Cc2ccc(F)cc2F)C1. The molecule has 0 bridgehead atoms. The Balaban J connectivity index is 1.84. The molecule has 2 rings (SSSR count). The van der Waals surface area contributed by atoms with Gasteiger partial charge in [-0.25, -0.2) is 13.6 Å². The minimum Gasteiger partial charge on any atom is -0.351 e. The van der Waals surface area contributed by atoms with Gasteiger partial charge in [0.15, 0.2) is 0 Å². The van der Waals surface area contributed by atoms with Crippen LogP contribution in [-0.2, 0) is 11.2 Å². The van der Waals surface area contributed by atoms with E-state index in [9.17, 15) is 18.4 Å². The van der Waals surface area contributed by atoms with Crippen LogP contribution in [0.2, 0.25) is 0 Å². The number of likely N-dealkylation sites (tertiary alicyclic amines) is 1. The van der Waals surface area contributed by atoms with Crippen LogP contribution in [0.15, 0.2) is 18.2 Å². The summed E-state index contributed by atoms with van der Waals surface area (Å²) >= 11 is 0. The number of halogens is 2. The standard InChI is InChI=1S/C12H13F2N3O2/c13-8-2-1-7(10(14)4-8)3-11(18)16-9-5-17(6-9)12(15)19/h1-2,4,9H,3,5-6H2,(H2,15,19)(H,16,18). The first kappa shape index (κ1) is 13.3. The van der Waals surface area contributed by atoms with E-state index in [1.165, 1.54) is 11.0 Å². The molecule has 0 radical (unpaired) electrons. The zero-order valence-electron chi connectivity index (χ0n) is 10.0. The number of nitrogens with one attached hydrogen (secondary N) is 1. The van der Waals surface area contributed by atoms with Crippen molar-refractivity contribution in [2.24, 2.45) is 5.73 Å². The van der Waals surface area contributed by atoms with Crippen LogP contribution in [0, 0.1) is 11.6 Å². The maximum atomic E-state index is 13.3. The zero-order valence-corrected chi connectivity index (χ0v) is 10.0. The van der Waals surface area contributed by atoms with Crippen LogP contribution in [0.25, 0.3) is 0 Å². The number of carbonyl (C=O) groups is 2. The molecule has 1 aromatic rings. The Morgan fingerprint density at radius 2 is 2.05 bits per heavy atom. The molecule has 0 atom stereocenters. The average molecular weight is 269 g/mol. The minimum absolute atomic E-state index is 0.130. The second kappa shape index (κ2) is 5.21. The fourth-order valence-corrected chi connectivity index (χ4v) is 1.87. The van der Waals surface area contributed by atoms with Gasteiger partial charge in [0.25, 0.3) is 0 Å². The number of urea groups is 1. The summed E-state index contributed by atoms with van der Waals surface area (Å²) in [5.74, 6) is -1.81. The molecule has 0 aliphatic carbocycles. The maximum Gasteiger partial charge on any atom is 0.314 e. The number of nitrogens with zero attached hydrogens (tertiary/aromatic N) is 1. The first-order valence-electron chi connectivity index (χ1n) is 5.73. The third-order valence-corrected chi connectivity index (χ3v) is 2.92. The highest BCUT2D eigenvalue weighted by Crippen LogP contribution is 2.11. The average Bonchev–Trinajstić information content (AvgIpc) is 2.26. The van der Waals surface area contributed by atoms with Crippen molar-refractivity contribution < 1.29 is 18.4 Å². The van der Waals surface area contributed by atoms with Crippen molar-refractivity contribution in [3.05, 3.63) is 35.4 Å². The highest BCUT2D eigenvalue weighted by Gasteiger charge is 2.30. The first-order chi connectivity index (χ1) is 8.95. The highest BCUT2D eigenvalue weighted by molar-refractivity contribution is 5.79. The second-order valence-electron chi connectivity index (χ2n) is 4.42. The third kappa shape index (κ3) is 3.18. The van der Waals surface area contributed by atoms with Crippen LogP contribution in [0.5, 0.6) is 0 Å². The Bertz CT molecular complexity index is 516. The van der Waals surface area contributed by atoms with E-state index < -0.39 is 17.7 Å². The summed E-state index contributed by atoms with van der Waals surface area (Å²) in [4.78, 5) is 23.7. The van der Waals surface area contributed by atoms with Gasteiger partial charge in [0, 0.05) is 19.2 Å². The zero-order chi connectivity index (χ0) is 14.0. The summed E-state index contributed by atoms with van der Waals surface area (Å²) in [5.41, 5.74) is 5.17. The molecule has 0 saturated carbocycles. The van der Waals surface area contributed by atoms with Gasteiger partial charge in [-0.05, 0) is 11.6 Å². The maximum absolute atomic E-state index is 13.3. The molecule has 0 aromatic heterocycles. The Morgan fingerprint density at radius 1 is 1.37 bits per heavy atom. The molecule has 1 saturated heterocycles. The summed E-state index contributed by atoms with van der Waals surface area (Å²) in [7, 11) is 0. The lowest BCUT2D eigenvalue weighted by Gasteiger charge is -2.38. The van der Waals surface area contributed by atoms with Crippen LogP contribution in [0.3, 0.4) is 0 Å². The van der Waals surface area contributed by atoms with E-state index in [0.717, 1.165) is 12.1 Å². The summed E-state index contributed by atoms with van der Waals surface area (Å²) in [6.45, 7) is 0.708. The fraction of sp³-hybridized carbons (Fsp3) is 0.333. The lowest BCUT2D eigenvalue weighted by molar-refractivity contribution is -0.122. The summed E-state index contributed by atoms with van der Waals surface area (Å²) < 4.78 is 26.0. The molecule has 5 nitrogen and oxygen atoms in total. The molecule has 1 aliphatic heterocycles. The fourth-order valence-electron chi connectivity index (χ4n) is 1.87. The number of primary amides is 1. The van der Waals surface area contributed by atoms with Crippen molar-refractivity contribution >= 4 is 11.9 Å². The van der Waals surface area contributed by atoms with Gasteiger partial charge in [0.1, 0.15) is 11.6 Å². The van der Waals surface area contributed by atoms with Gasteiger partial charge in [0.2, 0.25) is 5.91 Å². The van der Waals surface area contributed by atoms with E-state index in [0.29, 0.717) is 13.1 Å². The predicted octanol–water partition coefficient (Wildman–Crippen LogP) is 0.386. The molecule has 0 unspecified atom stereocenters. The molecule has 3 N–H and O–H groups in total. The molecule has 1 heterocycles. The monoisotopic (exact) mass is 269 g/mol. The molecule has 1 aromatic carbocycles. The molecular formula is C12H13F2N3O2. The molecule has 1 fully saturated rings. The van der Waals surface area contributed by atoms with E-state index >= 15 is 0 Å². The molecule has 1 aliphatic rings. The number of hydrogen-bond donors (Lipinski definition) is 2. The largest absolute Gasteiger partial charge is 0.351 e. The van der Waals surface area contributed by atoms with Crippen LogP contribution in [0.4, 0.5) is 13.6 Å². The second-order valence-corrected chi connectivity index (χ2v) is 4.42. The van der Waals surface area contributed by atoms with Crippen molar-refractivity contribution in [2.45, 2.75) is 12.5 Å². The molecule has 0 spiro atoms. The molecule has 3 amide bonds. The van der Waals surface area contributed by atoms with Crippen LogP contribution >= 0.6 is 0 Å². The predicted molar refractivity (Wildman–Crippen MR) is 63.1 cm³/mol. The topological polar surface area (TPSA) is 75.4 Å². The van der Waals surface area contributed by atoms with E-state index in [1.54, 1.807) is 0 Å². The lowest BCUT2D eigenvalue weighted by atomic mass is 10.1. The minimum atomic E-state index is -0.748. The number of hydrogen-bond acceptors (Lipinski definition) is 2. The van der Waals surface area contributed by atoms with E-state index in [2.05, 4.69) is 5.32 Å². The Morgan fingerprint density at radius 3 is 2.63 bits per heavy atom. The van der Waals surface area contributed by atoms with E-state index in [1.807, 2.05) is 0 Å². The Hall–Kier alpha value is -2.18. The van der Waals surface area contributed by atoms with E-state index in [4.69, 9.17) is 5.73 Å². The number of carbonyl (C=O) groups excluding carboxylic acids is 2. The first-order valence-corrected chi connectivity index (χ1v) is 5.73. The summed E-state index contributed by atoms with van der Waals surface area (Å²) in [6, 6.07) is 2.38. The van der Waals surface area contributed by atoms with Gasteiger partial charge in [-0.3, -0.25) is 4.79 Å². The number of nitrogens with two attached hydrogens (primary N) is 1. The van der Waals surface area contributed by atoms with Crippen molar-refractivity contribution in [3.8, 4) is 0 Å². The summed E-state index contributed by atoms with van der Waals surface area (Å²) in [6.07, 6.45) is -0.167. The molecular weight excluding hydrogens is 256 g/mol. The molecule has 102 valence electrons. The number of amides is 3. The highest BCUT2D eigenvalue weighted by atomic mass is 19.1. The van der Waals surface area contributed by atoms with Gasteiger partial charge in [-0.15, -0.1) is 0 Å². The van der Waals surface area contributed by atoms with Crippen molar-refractivity contribution in [3.63, 3.8) is 0 Å². The van der Waals surface area contributed by atoms with Crippen LogP contribution in [-0.4, -0.2) is 36.0 Å². The Labute approximate surface area is 108 Å². The van der Waals surface area contributed by atoms with Crippen molar-refractivity contribution in [1.29, 1.82) is 0 Å². The third-order valence-electron chi connectivity index (χ3n) is 2.92. The van der Waals surface area contributed by atoms with Gasteiger partial charge in [-0.2, -0.15) is 0 Å². The smallest absolute Gasteiger partial charge is 0.314 e. The normalized spacial score (nSPS) is 14.9. The van der Waals surface area contributed by atoms with E-state index in [-0.39, 0.29) is 23.9 Å². The molecule has 19 heavy (non-hydrogen) atoms.